The maximum Gasteiger partial charge on any atom is 0.235 e. The molecule has 0 fully saturated rings. The zero-order valence-corrected chi connectivity index (χ0v) is 21.4. The Kier molecular flexibility index (Phi) is 9.41. The summed E-state index contributed by atoms with van der Waals surface area (Å²) in [5, 5.41) is 12.8. The maximum atomic E-state index is 11.5. The first-order valence-electron chi connectivity index (χ1n) is 9.41. The number of aromatic nitrogens is 1. The molecular formula is C24H28IrNO3S-. The number of aliphatic hydroxyl groups is 1. The average molecular weight is 603 g/mol. The van der Waals surface area contributed by atoms with Gasteiger partial charge in [-0.1, -0.05) is 41.5 Å². The molecule has 0 saturated carbocycles. The average Bonchev–Trinajstić information content (AvgIpc) is 3.11. The van der Waals surface area contributed by atoms with Crippen molar-refractivity contribution in [3.05, 3.63) is 65.9 Å². The Morgan fingerprint density at radius 2 is 1.80 bits per heavy atom. The van der Waals surface area contributed by atoms with E-state index < -0.39 is 5.41 Å². The van der Waals surface area contributed by atoms with Crippen LogP contribution in [0, 0.1) is 16.9 Å². The van der Waals surface area contributed by atoms with Crippen molar-refractivity contribution in [2.24, 2.45) is 10.8 Å². The number of carbonyl (C=O) groups is 1. The number of fused-ring (bicyclic) bond motifs is 1. The Balaban J connectivity index is 0.000000299. The van der Waals surface area contributed by atoms with Gasteiger partial charge >= 0.3 is 0 Å². The van der Waals surface area contributed by atoms with Gasteiger partial charge in [-0.15, -0.1) is 23.5 Å². The standard InChI is InChI=1S/C13H8NOS.C11H20O2.Ir/c1-2-4-11(5-3-1)15-13-12-10(6-8-14-13)7-9-16-12;1-10(2,3)8(12)7-9(13)11(4,5)6;/h1-4,6-9H;7,12H,1-6H3;/q-1;;/b;8-7-;. The molecule has 0 aliphatic carbocycles. The van der Waals surface area contributed by atoms with Crippen LogP contribution in [0.15, 0.2) is 59.8 Å². The van der Waals surface area contributed by atoms with Gasteiger partial charge in [0.25, 0.3) is 0 Å². The molecule has 0 amide bonds. The molecule has 0 spiro atoms. The fourth-order valence-electron chi connectivity index (χ4n) is 2.04. The van der Waals surface area contributed by atoms with E-state index in [0.717, 1.165) is 10.1 Å². The summed E-state index contributed by atoms with van der Waals surface area (Å²) in [4.78, 5) is 15.7. The summed E-state index contributed by atoms with van der Waals surface area (Å²) in [5.41, 5.74) is -0.764. The second-order valence-corrected chi connectivity index (χ2v) is 9.59. The van der Waals surface area contributed by atoms with Crippen molar-refractivity contribution in [2.75, 3.05) is 0 Å². The van der Waals surface area contributed by atoms with Gasteiger partial charge in [0, 0.05) is 49.0 Å². The van der Waals surface area contributed by atoms with Gasteiger partial charge in [0.15, 0.2) is 5.78 Å². The quantitative estimate of drug-likeness (QED) is 0.200. The molecule has 2 aromatic heterocycles. The molecule has 0 unspecified atom stereocenters. The first kappa shape index (κ1) is 26.0. The Bertz CT molecular complexity index is 983. The molecular weight excluding hydrogens is 575 g/mol. The van der Waals surface area contributed by atoms with E-state index in [2.05, 4.69) is 17.1 Å². The van der Waals surface area contributed by atoms with E-state index in [1.807, 2.05) is 77.3 Å². The van der Waals surface area contributed by atoms with Crippen molar-refractivity contribution in [3.8, 4) is 11.6 Å². The summed E-state index contributed by atoms with van der Waals surface area (Å²) < 4.78 is 6.76. The topological polar surface area (TPSA) is 59.4 Å². The van der Waals surface area contributed by atoms with Crippen molar-refractivity contribution in [3.63, 3.8) is 0 Å². The molecule has 0 aliphatic heterocycles. The molecule has 1 aromatic carbocycles. The minimum Gasteiger partial charge on any atom is -0.512 e. The van der Waals surface area contributed by atoms with Crippen LogP contribution in [0.4, 0.5) is 0 Å². The second kappa shape index (κ2) is 10.9. The van der Waals surface area contributed by atoms with Gasteiger partial charge in [-0.05, 0) is 22.9 Å². The number of carbonyl (C=O) groups excluding carboxylic acids is 1. The molecule has 0 aliphatic rings. The molecule has 1 radical (unpaired) electrons. The predicted molar refractivity (Wildman–Crippen MR) is 120 cm³/mol. The van der Waals surface area contributed by atoms with E-state index >= 15 is 0 Å². The van der Waals surface area contributed by atoms with Crippen LogP contribution in [-0.2, 0) is 24.9 Å². The summed E-state index contributed by atoms with van der Waals surface area (Å²) in [6.07, 6.45) is 3.09. The molecule has 1 N–H and O–H groups in total. The number of aliphatic hydroxyl groups excluding tert-OH is 1. The zero-order valence-electron chi connectivity index (χ0n) is 18.1. The number of thiophene rings is 1. The van der Waals surface area contributed by atoms with Crippen LogP contribution in [0.25, 0.3) is 10.1 Å². The number of hydrogen-bond acceptors (Lipinski definition) is 5. The van der Waals surface area contributed by atoms with E-state index in [1.54, 1.807) is 17.5 Å². The van der Waals surface area contributed by atoms with Gasteiger partial charge in [-0.25, -0.2) is 4.98 Å². The van der Waals surface area contributed by atoms with Crippen LogP contribution < -0.4 is 4.74 Å². The summed E-state index contributed by atoms with van der Waals surface area (Å²) in [7, 11) is 0. The Hall–Kier alpha value is -2.01. The van der Waals surface area contributed by atoms with E-state index in [0.29, 0.717) is 11.6 Å². The monoisotopic (exact) mass is 603 g/mol. The van der Waals surface area contributed by atoms with E-state index in [1.165, 1.54) is 6.08 Å². The van der Waals surface area contributed by atoms with Crippen LogP contribution in [-0.4, -0.2) is 15.9 Å². The molecule has 30 heavy (non-hydrogen) atoms. The molecule has 0 bridgehead atoms. The number of nitrogens with zero attached hydrogens (tertiary/aromatic N) is 1. The van der Waals surface area contributed by atoms with Crippen LogP contribution in [0.3, 0.4) is 0 Å². The molecule has 163 valence electrons. The van der Waals surface area contributed by atoms with Crippen molar-refractivity contribution >= 4 is 27.2 Å². The van der Waals surface area contributed by atoms with E-state index in [9.17, 15) is 9.90 Å². The first-order chi connectivity index (χ1) is 13.5. The van der Waals surface area contributed by atoms with Gasteiger partial charge in [-0.2, -0.15) is 18.2 Å². The first-order valence-corrected chi connectivity index (χ1v) is 10.3. The van der Waals surface area contributed by atoms with Gasteiger partial charge in [0.1, 0.15) is 5.76 Å². The van der Waals surface area contributed by atoms with Crippen LogP contribution in [0.1, 0.15) is 41.5 Å². The summed E-state index contributed by atoms with van der Waals surface area (Å²) >= 11 is 1.63. The third-order valence-corrected chi connectivity index (χ3v) is 4.92. The molecule has 0 atom stereocenters. The zero-order chi connectivity index (χ0) is 21.7. The number of pyridine rings is 1. The number of ether oxygens (including phenoxy) is 1. The fraction of sp³-hybridized carbons (Fsp3) is 0.333. The molecule has 4 nitrogen and oxygen atoms in total. The molecule has 0 saturated heterocycles. The Morgan fingerprint density at radius 3 is 2.37 bits per heavy atom. The largest absolute Gasteiger partial charge is 0.512 e. The number of para-hydroxylation sites is 1. The SMILES string of the molecule is CC(C)(C)C(=O)/C=C(\O)C(C)(C)C.[Ir].[c-]1ccccc1Oc1nccc2ccsc12. The Morgan fingerprint density at radius 1 is 1.10 bits per heavy atom. The van der Waals surface area contributed by atoms with Gasteiger partial charge in [0.2, 0.25) is 5.88 Å². The number of benzene rings is 1. The number of ketones is 1. The number of rotatable bonds is 3. The predicted octanol–water partition coefficient (Wildman–Crippen LogP) is 6.98. The molecule has 6 heteroatoms. The summed E-state index contributed by atoms with van der Waals surface area (Å²) in [6, 6.07) is 14.6. The second-order valence-electron chi connectivity index (χ2n) is 8.68. The van der Waals surface area contributed by atoms with Gasteiger partial charge in [-0.3, -0.25) is 4.79 Å². The normalized spacial score (nSPS) is 11.9. The summed E-state index contributed by atoms with van der Waals surface area (Å²) in [5.74, 6) is 1.44. The Labute approximate surface area is 196 Å². The van der Waals surface area contributed by atoms with Crippen LogP contribution in [0.2, 0.25) is 0 Å². The van der Waals surface area contributed by atoms with Crippen molar-refractivity contribution in [2.45, 2.75) is 41.5 Å². The summed E-state index contributed by atoms with van der Waals surface area (Å²) in [6.45, 7) is 11.1. The third kappa shape index (κ3) is 7.67. The molecule has 3 rings (SSSR count). The molecule has 3 aromatic rings. The van der Waals surface area contributed by atoms with Crippen molar-refractivity contribution in [1.29, 1.82) is 0 Å². The van der Waals surface area contributed by atoms with Crippen molar-refractivity contribution < 1.29 is 34.7 Å². The minimum atomic E-state index is -0.417. The maximum absolute atomic E-state index is 11.5. The van der Waals surface area contributed by atoms with E-state index in [4.69, 9.17) is 4.74 Å². The van der Waals surface area contributed by atoms with Gasteiger partial charge < -0.3 is 9.84 Å². The number of hydrogen-bond donors (Lipinski definition) is 1. The van der Waals surface area contributed by atoms with Crippen LogP contribution >= 0.6 is 11.3 Å². The fourth-order valence-corrected chi connectivity index (χ4v) is 2.86. The minimum absolute atomic E-state index is 0. The molecule has 2 heterocycles. The number of allylic oxidation sites excluding steroid dienone is 2. The van der Waals surface area contributed by atoms with Gasteiger partial charge in [0.05, 0.1) is 4.70 Å². The van der Waals surface area contributed by atoms with E-state index in [-0.39, 0.29) is 37.1 Å². The van der Waals surface area contributed by atoms with Crippen LogP contribution in [0.5, 0.6) is 11.6 Å². The van der Waals surface area contributed by atoms with Crippen molar-refractivity contribution in [1.82, 2.24) is 4.98 Å². The third-order valence-electron chi connectivity index (χ3n) is 4.00. The smallest absolute Gasteiger partial charge is 0.235 e.